The van der Waals surface area contributed by atoms with Gasteiger partial charge in [-0.1, -0.05) is 75.4 Å². The molecule has 0 atom stereocenters. The van der Waals surface area contributed by atoms with Crippen molar-refractivity contribution in [3.8, 4) is 28.3 Å². The number of H-pyrrole nitrogens is 1. The van der Waals surface area contributed by atoms with Gasteiger partial charge in [0.25, 0.3) is 0 Å². The van der Waals surface area contributed by atoms with Crippen molar-refractivity contribution < 1.29 is 0 Å². The Labute approximate surface area is 182 Å². The second kappa shape index (κ2) is 7.15. The number of benzene rings is 4. The number of nitrogens with zero attached hydrogens (tertiary/aromatic N) is 1. The van der Waals surface area contributed by atoms with Crippen LogP contribution in [0.3, 0.4) is 0 Å². The van der Waals surface area contributed by atoms with Crippen LogP contribution in [-0.2, 0) is 5.41 Å². The van der Waals surface area contributed by atoms with Gasteiger partial charge in [0, 0.05) is 21.8 Å². The zero-order valence-electron chi connectivity index (χ0n) is 18.0. The average molecular weight is 401 g/mol. The standard InChI is InChI=1S/C29H24N2/c1-29(2,3)23-14-12-20(13-15-23)22-16-25(21-10-8-19(18-30)9-11-21)28-24-6-4-5-7-26(24)31-27(28)17-22/h4-17,31H,1-3H3. The van der Waals surface area contributed by atoms with Crippen LogP contribution in [0, 0.1) is 11.3 Å². The van der Waals surface area contributed by atoms with Gasteiger partial charge < -0.3 is 4.98 Å². The highest BCUT2D eigenvalue weighted by molar-refractivity contribution is 6.15. The van der Waals surface area contributed by atoms with E-state index < -0.39 is 0 Å². The van der Waals surface area contributed by atoms with Crippen molar-refractivity contribution in [1.82, 2.24) is 4.98 Å². The molecule has 0 aliphatic rings. The van der Waals surface area contributed by atoms with Crippen LogP contribution in [-0.4, -0.2) is 4.98 Å². The molecule has 0 saturated heterocycles. The van der Waals surface area contributed by atoms with Crippen LogP contribution in [0.25, 0.3) is 44.1 Å². The molecule has 0 fully saturated rings. The van der Waals surface area contributed by atoms with Crippen LogP contribution >= 0.6 is 0 Å². The summed E-state index contributed by atoms with van der Waals surface area (Å²) in [6, 6.07) is 31.9. The number of rotatable bonds is 2. The number of nitriles is 1. The molecule has 0 amide bonds. The Kier molecular flexibility index (Phi) is 4.41. The lowest BCUT2D eigenvalue weighted by molar-refractivity contribution is 0.590. The molecular weight excluding hydrogens is 376 g/mol. The third-order valence-corrected chi connectivity index (χ3v) is 6.01. The molecule has 0 unspecified atom stereocenters. The molecule has 0 bridgehead atoms. The molecule has 1 N–H and O–H groups in total. The highest BCUT2D eigenvalue weighted by Crippen LogP contribution is 2.38. The van der Waals surface area contributed by atoms with Gasteiger partial charge in [0.15, 0.2) is 0 Å². The molecule has 150 valence electrons. The third-order valence-electron chi connectivity index (χ3n) is 6.01. The lowest BCUT2D eigenvalue weighted by Gasteiger charge is -2.19. The summed E-state index contributed by atoms with van der Waals surface area (Å²) >= 11 is 0. The quantitative estimate of drug-likeness (QED) is 0.322. The first-order chi connectivity index (χ1) is 14.9. The molecule has 1 heterocycles. The molecule has 0 saturated carbocycles. The highest BCUT2D eigenvalue weighted by atomic mass is 14.7. The maximum atomic E-state index is 9.20. The van der Waals surface area contributed by atoms with E-state index in [0.29, 0.717) is 5.56 Å². The third kappa shape index (κ3) is 3.39. The van der Waals surface area contributed by atoms with Crippen molar-refractivity contribution in [3.63, 3.8) is 0 Å². The molecule has 0 aliphatic heterocycles. The Balaban J connectivity index is 1.75. The molecule has 0 aliphatic carbocycles. The van der Waals surface area contributed by atoms with Gasteiger partial charge in [0.05, 0.1) is 11.6 Å². The fourth-order valence-electron chi connectivity index (χ4n) is 4.27. The summed E-state index contributed by atoms with van der Waals surface area (Å²) in [6.07, 6.45) is 0. The normalized spacial score (nSPS) is 11.7. The number of hydrogen-bond acceptors (Lipinski definition) is 1. The number of fused-ring (bicyclic) bond motifs is 3. The van der Waals surface area contributed by atoms with Crippen LogP contribution in [0.2, 0.25) is 0 Å². The SMILES string of the molecule is CC(C)(C)c1ccc(-c2cc(-c3ccc(C#N)cc3)c3c(c2)[nH]c2ccccc23)cc1. The maximum Gasteiger partial charge on any atom is 0.0991 e. The number of nitrogens with one attached hydrogen (secondary N) is 1. The highest BCUT2D eigenvalue weighted by Gasteiger charge is 2.15. The topological polar surface area (TPSA) is 39.6 Å². The van der Waals surface area contributed by atoms with Crippen LogP contribution in [0.15, 0.2) is 84.9 Å². The van der Waals surface area contributed by atoms with Gasteiger partial charge in [-0.05, 0) is 63.6 Å². The molecule has 0 spiro atoms. The van der Waals surface area contributed by atoms with Crippen LogP contribution in [0.5, 0.6) is 0 Å². The molecule has 1 aromatic heterocycles. The summed E-state index contributed by atoms with van der Waals surface area (Å²) in [5, 5.41) is 11.6. The number of aromatic nitrogens is 1. The van der Waals surface area contributed by atoms with Crippen LogP contribution in [0.1, 0.15) is 31.9 Å². The van der Waals surface area contributed by atoms with E-state index in [0.717, 1.165) is 16.6 Å². The van der Waals surface area contributed by atoms with Crippen molar-refractivity contribution in [2.24, 2.45) is 0 Å². The van der Waals surface area contributed by atoms with E-state index in [1.165, 1.54) is 33.0 Å². The second-order valence-electron chi connectivity index (χ2n) is 9.13. The summed E-state index contributed by atoms with van der Waals surface area (Å²) in [5.74, 6) is 0. The fourth-order valence-corrected chi connectivity index (χ4v) is 4.27. The monoisotopic (exact) mass is 400 g/mol. The Bertz CT molecular complexity index is 1440. The van der Waals surface area contributed by atoms with Crippen molar-refractivity contribution >= 4 is 21.8 Å². The first-order valence-corrected chi connectivity index (χ1v) is 10.6. The minimum atomic E-state index is 0.132. The van der Waals surface area contributed by atoms with Crippen molar-refractivity contribution in [1.29, 1.82) is 5.26 Å². The molecule has 2 nitrogen and oxygen atoms in total. The minimum Gasteiger partial charge on any atom is -0.354 e. The molecule has 4 aromatic carbocycles. The maximum absolute atomic E-state index is 9.20. The second-order valence-corrected chi connectivity index (χ2v) is 9.13. The molecule has 31 heavy (non-hydrogen) atoms. The van der Waals surface area contributed by atoms with E-state index in [1.807, 2.05) is 24.3 Å². The van der Waals surface area contributed by atoms with Gasteiger partial charge in [0.1, 0.15) is 0 Å². The van der Waals surface area contributed by atoms with E-state index >= 15 is 0 Å². The van der Waals surface area contributed by atoms with Gasteiger partial charge in [-0.15, -0.1) is 0 Å². The number of para-hydroxylation sites is 1. The molecule has 5 aromatic rings. The Morgan fingerprint density at radius 1 is 0.710 bits per heavy atom. The minimum absolute atomic E-state index is 0.132. The predicted molar refractivity (Wildman–Crippen MR) is 130 cm³/mol. The molecular formula is C29H24N2. The van der Waals surface area contributed by atoms with E-state index in [2.05, 4.69) is 92.5 Å². The van der Waals surface area contributed by atoms with Crippen molar-refractivity contribution in [2.75, 3.05) is 0 Å². The molecule has 2 heteroatoms. The molecule has 0 radical (unpaired) electrons. The smallest absolute Gasteiger partial charge is 0.0991 e. The largest absolute Gasteiger partial charge is 0.354 e. The summed E-state index contributed by atoms with van der Waals surface area (Å²) in [7, 11) is 0. The predicted octanol–water partition coefficient (Wildman–Crippen LogP) is 7.82. The fraction of sp³-hybridized carbons (Fsp3) is 0.138. The zero-order valence-corrected chi connectivity index (χ0v) is 18.0. The van der Waals surface area contributed by atoms with Gasteiger partial charge >= 0.3 is 0 Å². The Morgan fingerprint density at radius 3 is 2.06 bits per heavy atom. The summed E-state index contributed by atoms with van der Waals surface area (Å²) in [5.41, 5.74) is 9.06. The van der Waals surface area contributed by atoms with E-state index in [9.17, 15) is 5.26 Å². The number of aromatic amines is 1. The van der Waals surface area contributed by atoms with Crippen molar-refractivity contribution in [3.05, 3.63) is 96.1 Å². The lowest BCUT2D eigenvalue weighted by Crippen LogP contribution is -2.10. The zero-order chi connectivity index (χ0) is 21.6. The van der Waals surface area contributed by atoms with Crippen LogP contribution < -0.4 is 0 Å². The Morgan fingerprint density at radius 2 is 1.39 bits per heavy atom. The van der Waals surface area contributed by atoms with Gasteiger partial charge in [-0.25, -0.2) is 0 Å². The van der Waals surface area contributed by atoms with Gasteiger partial charge in [0.2, 0.25) is 0 Å². The Hall–Kier alpha value is -3.83. The van der Waals surface area contributed by atoms with Gasteiger partial charge in [-0.3, -0.25) is 0 Å². The van der Waals surface area contributed by atoms with Gasteiger partial charge in [-0.2, -0.15) is 5.26 Å². The molecule has 5 rings (SSSR count). The van der Waals surface area contributed by atoms with E-state index in [1.54, 1.807) is 0 Å². The lowest BCUT2D eigenvalue weighted by atomic mass is 9.86. The summed E-state index contributed by atoms with van der Waals surface area (Å²) in [6.45, 7) is 6.71. The first kappa shape index (κ1) is 19.2. The summed E-state index contributed by atoms with van der Waals surface area (Å²) < 4.78 is 0. The van der Waals surface area contributed by atoms with E-state index in [-0.39, 0.29) is 5.41 Å². The van der Waals surface area contributed by atoms with Crippen LogP contribution in [0.4, 0.5) is 0 Å². The van der Waals surface area contributed by atoms with E-state index in [4.69, 9.17) is 0 Å². The average Bonchev–Trinajstić information content (AvgIpc) is 3.16. The summed E-state index contributed by atoms with van der Waals surface area (Å²) in [4.78, 5) is 3.60. The first-order valence-electron chi connectivity index (χ1n) is 10.6. The number of hydrogen-bond donors (Lipinski definition) is 1. The van der Waals surface area contributed by atoms with Crippen molar-refractivity contribution in [2.45, 2.75) is 26.2 Å².